The third-order valence-corrected chi connectivity index (χ3v) is 5.71. The molecule has 0 atom stereocenters. The van der Waals surface area contributed by atoms with Crippen LogP contribution in [0, 0.1) is 0 Å². The van der Waals surface area contributed by atoms with Crippen molar-refractivity contribution in [2.75, 3.05) is 16.9 Å². The Kier molecular flexibility index (Phi) is 6.33. The van der Waals surface area contributed by atoms with Crippen molar-refractivity contribution < 1.29 is 0 Å². The van der Waals surface area contributed by atoms with Gasteiger partial charge in [-0.05, 0) is 42.5 Å². The highest BCUT2D eigenvalue weighted by molar-refractivity contribution is 7.98. The van der Waals surface area contributed by atoms with Crippen molar-refractivity contribution in [3.05, 3.63) is 63.4 Å². The fourth-order valence-electron chi connectivity index (χ4n) is 2.58. The van der Waals surface area contributed by atoms with Crippen LogP contribution in [0.15, 0.2) is 47.6 Å². The highest BCUT2D eigenvalue weighted by atomic mass is 35.5. The van der Waals surface area contributed by atoms with Crippen LogP contribution in [-0.2, 0) is 5.75 Å². The van der Waals surface area contributed by atoms with Crippen molar-refractivity contribution in [2.24, 2.45) is 0 Å². The topological polar surface area (TPSA) is 133 Å². The number of hydrogen-bond donors (Lipinski definition) is 3. The maximum atomic E-state index is 6.25. The van der Waals surface area contributed by atoms with Crippen LogP contribution in [0.1, 0.15) is 5.82 Å². The average molecular weight is 495 g/mol. The zero-order chi connectivity index (χ0) is 22.0. The van der Waals surface area contributed by atoms with Gasteiger partial charge in [0.2, 0.25) is 17.1 Å². The zero-order valence-electron chi connectivity index (χ0n) is 15.6. The molecule has 5 N–H and O–H groups in total. The van der Waals surface area contributed by atoms with E-state index in [-0.39, 0.29) is 5.95 Å². The van der Waals surface area contributed by atoms with Crippen molar-refractivity contribution in [2.45, 2.75) is 10.9 Å². The fraction of sp³-hybridized carbons (Fsp3) is 0.0556. The number of halogens is 3. The highest BCUT2D eigenvalue weighted by Crippen LogP contribution is 2.30. The minimum Gasteiger partial charge on any atom is -0.368 e. The maximum absolute atomic E-state index is 6.25. The molecule has 0 aliphatic rings. The standard InChI is InChI=1S/C18H14Cl3N9S/c19-9-1-4-11(5-2-9)24-17-26-14(25-16(22)27-17)8-31-18-29-28-15(30(18)23)12-6-3-10(20)7-13(12)21/h1-7H,8,23H2,(H3,22,24,25,26,27). The number of aromatic nitrogens is 6. The molecular formula is C18H14Cl3N9S. The largest absolute Gasteiger partial charge is 0.368 e. The molecule has 0 saturated heterocycles. The fourth-order valence-corrected chi connectivity index (χ4v) is 3.91. The van der Waals surface area contributed by atoms with Gasteiger partial charge in [0.25, 0.3) is 0 Å². The van der Waals surface area contributed by atoms with Gasteiger partial charge in [0.05, 0.1) is 10.8 Å². The van der Waals surface area contributed by atoms with E-state index in [0.717, 1.165) is 5.69 Å². The summed E-state index contributed by atoms with van der Waals surface area (Å²) in [6, 6.07) is 12.2. The van der Waals surface area contributed by atoms with Crippen LogP contribution in [0.25, 0.3) is 11.4 Å². The first-order valence-electron chi connectivity index (χ1n) is 8.71. The SMILES string of the molecule is Nc1nc(CSc2nnc(-c3ccc(Cl)cc3Cl)n2N)nc(Nc2ccc(Cl)cc2)n1. The predicted octanol–water partition coefficient (Wildman–Crippen LogP) is 4.42. The second-order valence-corrected chi connectivity index (χ2v) is 8.38. The summed E-state index contributed by atoms with van der Waals surface area (Å²) < 4.78 is 1.34. The normalized spacial score (nSPS) is 10.9. The second kappa shape index (κ2) is 9.15. The lowest BCUT2D eigenvalue weighted by Crippen LogP contribution is -2.12. The molecule has 2 aromatic heterocycles. The lowest BCUT2D eigenvalue weighted by molar-refractivity contribution is 0.847. The van der Waals surface area contributed by atoms with Crippen molar-refractivity contribution >= 4 is 64.1 Å². The molecule has 0 spiro atoms. The van der Waals surface area contributed by atoms with Crippen molar-refractivity contribution in [1.82, 2.24) is 29.8 Å². The Morgan fingerprint density at radius 1 is 0.935 bits per heavy atom. The Morgan fingerprint density at radius 2 is 1.68 bits per heavy atom. The van der Waals surface area contributed by atoms with Crippen molar-refractivity contribution in [3.63, 3.8) is 0 Å². The number of benzene rings is 2. The summed E-state index contributed by atoms with van der Waals surface area (Å²) >= 11 is 19.4. The molecule has 0 amide bonds. The molecule has 0 radical (unpaired) electrons. The van der Waals surface area contributed by atoms with Crippen LogP contribution < -0.4 is 16.9 Å². The van der Waals surface area contributed by atoms with E-state index in [2.05, 4.69) is 30.5 Å². The third-order valence-electron chi connectivity index (χ3n) is 3.97. The van der Waals surface area contributed by atoms with Gasteiger partial charge in [-0.15, -0.1) is 10.2 Å². The summed E-state index contributed by atoms with van der Waals surface area (Å²) in [4.78, 5) is 12.6. The smallest absolute Gasteiger partial charge is 0.232 e. The number of thioether (sulfide) groups is 1. The summed E-state index contributed by atoms with van der Waals surface area (Å²) in [5.74, 6) is 7.75. The third kappa shape index (κ3) is 5.10. The molecule has 0 fully saturated rings. The summed E-state index contributed by atoms with van der Waals surface area (Å²) in [6.45, 7) is 0. The average Bonchev–Trinajstić information content (AvgIpc) is 3.08. The lowest BCUT2D eigenvalue weighted by Gasteiger charge is -2.08. The van der Waals surface area contributed by atoms with E-state index in [9.17, 15) is 0 Å². The summed E-state index contributed by atoms with van der Waals surface area (Å²) in [6.07, 6.45) is 0. The Hall–Kier alpha value is -2.79. The Morgan fingerprint density at radius 3 is 2.42 bits per heavy atom. The molecule has 0 saturated carbocycles. The van der Waals surface area contributed by atoms with E-state index in [1.54, 1.807) is 42.5 Å². The second-order valence-electron chi connectivity index (χ2n) is 6.15. The van der Waals surface area contributed by atoms with E-state index >= 15 is 0 Å². The molecule has 31 heavy (non-hydrogen) atoms. The molecule has 0 aliphatic heterocycles. The Balaban J connectivity index is 1.50. The van der Waals surface area contributed by atoms with Gasteiger partial charge < -0.3 is 16.9 Å². The van der Waals surface area contributed by atoms with Crippen LogP contribution in [0.3, 0.4) is 0 Å². The van der Waals surface area contributed by atoms with Crippen molar-refractivity contribution in [1.29, 1.82) is 0 Å². The molecular weight excluding hydrogens is 481 g/mol. The van der Waals surface area contributed by atoms with Gasteiger partial charge in [-0.25, -0.2) is 4.68 Å². The van der Waals surface area contributed by atoms with Gasteiger partial charge in [0.1, 0.15) is 5.82 Å². The molecule has 2 aromatic carbocycles. The van der Waals surface area contributed by atoms with Gasteiger partial charge >= 0.3 is 0 Å². The van der Waals surface area contributed by atoms with Gasteiger partial charge in [0, 0.05) is 21.3 Å². The molecule has 0 bridgehead atoms. The monoisotopic (exact) mass is 493 g/mol. The summed E-state index contributed by atoms with van der Waals surface area (Å²) in [5.41, 5.74) is 7.21. The predicted molar refractivity (Wildman–Crippen MR) is 124 cm³/mol. The van der Waals surface area contributed by atoms with Gasteiger partial charge in [-0.1, -0.05) is 46.6 Å². The van der Waals surface area contributed by atoms with Crippen LogP contribution in [0.2, 0.25) is 15.1 Å². The molecule has 158 valence electrons. The molecule has 4 aromatic rings. The Labute approximate surface area is 196 Å². The molecule has 0 unspecified atom stereocenters. The van der Waals surface area contributed by atoms with Crippen LogP contribution in [0.4, 0.5) is 17.6 Å². The van der Waals surface area contributed by atoms with Crippen molar-refractivity contribution in [3.8, 4) is 11.4 Å². The number of nitrogens with zero attached hydrogens (tertiary/aromatic N) is 6. The van der Waals surface area contributed by atoms with Crippen LogP contribution >= 0.6 is 46.6 Å². The van der Waals surface area contributed by atoms with E-state index in [4.69, 9.17) is 46.4 Å². The molecule has 4 rings (SSSR count). The van der Waals surface area contributed by atoms with Gasteiger partial charge in [-0.3, -0.25) is 0 Å². The molecule has 2 heterocycles. The van der Waals surface area contributed by atoms with E-state index < -0.39 is 0 Å². The zero-order valence-corrected chi connectivity index (χ0v) is 18.7. The number of hydrogen-bond acceptors (Lipinski definition) is 9. The highest BCUT2D eigenvalue weighted by Gasteiger charge is 2.16. The van der Waals surface area contributed by atoms with E-state index in [0.29, 0.717) is 49.1 Å². The molecule has 9 nitrogen and oxygen atoms in total. The summed E-state index contributed by atoms with van der Waals surface area (Å²) in [7, 11) is 0. The molecule has 13 heteroatoms. The lowest BCUT2D eigenvalue weighted by atomic mass is 10.2. The van der Waals surface area contributed by atoms with Crippen LogP contribution in [-0.4, -0.2) is 29.8 Å². The minimum absolute atomic E-state index is 0.0879. The van der Waals surface area contributed by atoms with E-state index in [1.807, 2.05) is 0 Å². The Bertz CT molecular complexity index is 1230. The van der Waals surface area contributed by atoms with E-state index in [1.165, 1.54) is 16.4 Å². The van der Waals surface area contributed by atoms with Gasteiger partial charge in [-0.2, -0.15) is 15.0 Å². The minimum atomic E-state index is 0.0879. The first-order chi connectivity index (χ1) is 14.9. The number of nitrogens with one attached hydrogen (secondary N) is 1. The molecule has 0 aliphatic carbocycles. The first kappa shape index (κ1) is 21.4. The quantitative estimate of drug-likeness (QED) is 0.263. The maximum Gasteiger partial charge on any atom is 0.232 e. The number of anilines is 3. The number of rotatable bonds is 6. The number of nitrogen functional groups attached to an aromatic ring is 2. The number of nitrogens with two attached hydrogens (primary N) is 2. The summed E-state index contributed by atoms with van der Waals surface area (Å²) in [5, 5.41) is 13.3. The first-order valence-corrected chi connectivity index (χ1v) is 10.8. The van der Waals surface area contributed by atoms with Gasteiger partial charge in [0.15, 0.2) is 5.82 Å². The van der Waals surface area contributed by atoms with Crippen LogP contribution in [0.5, 0.6) is 0 Å².